The summed E-state index contributed by atoms with van der Waals surface area (Å²) in [6.07, 6.45) is 5.23. The first-order valence-electron chi connectivity index (χ1n) is 9.58. The minimum absolute atomic E-state index is 0. The lowest BCUT2D eigenvalue weighted by Gasteiger charge is -2.09. The van der Waals surface area contributed by atoms with Crippen LogP contribution in [0.3, 0.4) is 0 Å². The molecule has 0 fully saturated rings. The second-order valence-corrected chi connectivity index (χ2v) is 9.52. The topological polar surface area (TPSA) is 64.0 Å². The quantitative estimate of drug-likeness (QED) is 0.427. The van der Waals surface area contributed by atoms with E-state index in [0.29, 0.717) is 23.5 Å². The first-order chi connectivity index (χ1) is 14.4. The van der Waals surface area contributed by atoms with Gasteiger partial charge in [-0.25, -0.2) is 12.4 Å². The van der Waals surface area contributed by atoms with Crippen molar-refractivity contribution in [1.29, 1.82) is 0 Å². The minimum Gasteiger partial charge on any atom is -0.316 e. The average molecular weight is 476 g/mol. The van der Waals surface area contributed by atoms with Gasteiger partial charge in [0, 0.05) is 35.5 Å². The fourth-order valence-corrected chi connectivity index (χ4v) is 5.23. The summed E-state index contributed by atoms with van der Waals surface area (Å²) in [4.78, 5) is 4.13. The van der Waals surface area contributed by atoms with Gasteiger partial charge in [-0.2, -0.15) is 0 Å². The number of aryl methyl sites for hydroxylation is 1. The van der Waals surface area contributed by atoms with E-state index in [-0.39, 0.29) is 17.3 Å². The Morgan fingerprint density at radius 3 is 2.58 bits per heavy atom. The van der Waals surface area contributed by atoms with E-state index in [1.807, 2.05) is 50.4 Å². The molecule has 2 aromatic heterocycles. The van der Waals surface area contributed by atoms with E-state index in [2.05, 4.69) is 10.3 Å². The monoisotopic (exact) mass is 475 g/mol. The maximum atomic E-state index is 13.3. The molecule has 4 rings (SSSR count). The number of benzene rings is 2. The lowest BCUT2D eigenvalue weighted by atomic mass is 10.0. The number of hydrogen-bond donors (Lipinski definition) is 1. The second kappa shape index (κ2) is 9.40. The maximum absolute atomic E-state index is 13.3. The Labute approximate surface area is 193 Å². The van der Waals surface area contributed by atoms with E-state index in [9.17, 15) is 8.42 Å². The molecule has 5 nitrogen and oxygen atoms in total. The Hall–Kier alpha value is -2.38. The molecule has 8 heteroatoms. The van der Waals surface area contributed by atoms with Crippen LogP contribution < -0.4 is 5.32 Å². The summed E-state index contributed by atoms with van der Waals surface area (Å²) in [5.74, 6) is 0. The standard InChI is InChI=1S/C23H22ClN3O2S.ClH/c1-16-5-7-18(22(24)10-16)11-17-6-8-21-19(13-25-2)15-27(23(21)12-17)30(28,29)20-4-3-9-26-14-20;/h3-10,12,14-15,25H,11,13H2,1-2H3;1H. The third kappa shape index (κ3) is 4.62. The zero-order valence-corrected chi connectivity index (χ0v) is 19.6. The molecule has 2 aromatic carbocycles. The van der Waals surface area contributed by atoms with Crippen LogP contribution in [0, 0.1) is 6.92 Å². The van der Waals surface area contributed by atoms with Crippen LogP contribution in [0.4, 0.5) is 0 Å². The molecule has 0 unspecified atom stereocenters. The number of pyridine rings is 1. The largest absolute Gasteiger partial charge is 0.316 e. The highest BCUT2D eigenvalue weighted by atomic mass is 35.5. The van der Waals surface area contributed by atoms with Gasteiger partial charge in [0.2, 0.25) is 0 Å². The van der Waals surface area contributed by atoms with Gasteiger partial charge in [-0.3, -0.25) is 4.98 Å². The molecule has 0 saturated carbocycles. The molecule has 0 aliphatic carbocycles. The summed E-state index contributed by atoms with van der Waals surface area (Å²) in [7, 11) is -1.93. The number of aromatic nitrogens is 2. The summed E-state index contributed by atoms with van der Waals surface area (Å²) in [6, 6.07) is 15.1. The van der Waals surface area contributed by atoms with Crippen LogP contribution in [-0.4, -0.2) is 24.4 Å². The number of rotatable bonds is 6. The lowest BCUT2D eigenvalue weighted by Crippen LogP contribution is -2.12. The van der Waals surface area contributed by atoms with Gasteiger partial charge in [0.1, 0.15) is 4.90 Å². The molecule has 2 heterocycles. The zero-order valence-electron chi connectivity index (χ0n) is 17.2. The molecule has 0 aliphatic heterocycles. The fourth-order valence-electron chi connectivity index (χ4n) is 3.58. The molecule has 1 N–H and O–H groups in total. The highest BCUT2D eigenvalue weighted by Crippen LogP contribution is 2.29. The first kappa shape index (κ1) is 23.3. The fraction of sp³-hybridized carbons (Fsp3) is 0.174. The maximum Gasteiger partial charge on any atom is 0.269 e. The van der Waals surface area contributed by atoms with Crippen molar-refractivity contribution >= 4 is 44.9 Å². The normalized spacial score (nSPS) is 11.5. The average Bonchev–Trinajstić information content (AvgIpc) is 3.10. The van der Waals surface area contributed by atoms with Crippen LogP contribution in [0.15, 0.2) is 72.0 Å². The number of halogens is 2. The van der Waals surface area contributed by atoms with Crippen molar-refractivity contribution in [3.05, 3.63) is 94.4 Å². The van der Waals surface area contributed by atoms with E-state index in [1.54, 1.807) is 24.5 Å². The van der Waals surface area contributed by atoms with Crippen LogP contribution in [0.2, 0.25) is 5.02 Å². The van der Waals surface area contributed by atoms with E-state index in [1.165, 1.54) is 10.2 Å². The van der Waals surface area contributed by atoms with Gasteiger partial charge in [-0.1, -0.05) is 35.9 Å². The third-order valence-corrected chi connectivity index (χ3v) is 7.09. The highest BCUT2D eigenvalue weighted by Gasteiger charge is 2.21. The predicted octanol–water partition coefficient (Wildman–Crippen LogP) is 4.97. The van der Waals surface area contributed by atoms with Gasteiger partial charge in [-0.05, 0) is 66.9 Å². The van der Waals surface area contributed by atoms with Crippen LogP contribution in [0.1, 0.15) is 22.3 Å². The molecular formula is C23H23Cl2N3O2S. The molecule has 0 bridgehead atoms. The highest BCUT2D eigenvalue weighted by molar-refractivity contribution is 7.90. The summed E-state index contributed by atoms with van der Waals surface area (Å²) < 4.78 is 28.0. The molecule has 0 saturated heterocycles. The number of fused-ring (bicyclic) bond motifs is 1. The number of nitrogens with one attached hydrogen (secondary N) is 1. The number of hydrogen-bond acceptors (Lipinski definition) is 4. The van der Waals surface area contributed by atoms with Gasteiger partial charge < -0.3 is 5.32 Å². The summed E-state index contributed by atoms with van der Waals surface area (Å²) >= 11 is 6.41. The van der Waals surface area contributed by atoms with Gasteiger partial charge in [0.15, 0.2) is 0 Å². The van der Waals surface area contributed by atoms with Crippen molar-refractivity contribution in [3.63, 3.8) is 0 Å². The van der Waals surface area contributed by atoms with E-state index < -0.39 is 10.0 Å². The molecule has 31 heavy (non-hydrogen) atoms. The SMILES string of the molecule is CNCc1cn(S(=O)(=O)c2cccnc2)c2cc(Cc3ccc(C)cc3Cl)ccc12.Cl. The molecule has 4 aromatic rings. The summed E-state index contributed by atoms with van der Waals surface area (Å²) in [5.41, 5.74) is 4.66. The van der Waals surface area contributed by atoms with Crippen LogP contribution in [0.5, 0.6) is 0 Å². The van der Waals surface area contributed by atoms with E-state index in [4.69, 9.17) is 11.6 Å². The van der Waals surface area contributed by atoms with Crippen LogP contribution in [-0.2, 0) is 23.0 Å². The molecule has 162 valence electrons. The molecule has 0 radical (unpaired) electrons. The lowest BCUT2D eigenvalue weighted by molar-refractivity contribution is 0.588. The minimum atomic E-state index is -3.77. The molecular weight excluding hydrogens is 453 g/mol. The van der Waals surface area contributed by atoms with E-state index in [0.717, 1.165) is 27.6 Å². The third-order valence-electron chi connectivity index (χ3n) is 5.08. The predicted molar refractivity (Wildman–Crippen MR) is 128 cm³/mol. The van der Waals surface area contributed by atoms with Gasteiger partial charge in [0.25, 0.3) is 10.0 Å². The second-order valence-electron chi connectivity index (χ2n) is 7.30. The Morgan fingerprint density at radius 2 is 1.90 bits per heavy atom. The van der Waals surface area contributed by atoms with Crippen LogP contribution >= 0.6 is 24.0 Å². The molecule has 0 atom stereocenters. The van der Waals surface area contributed by atoms with Crippen molar-refractivity contribution in [2.24, 2.45) is 0 Å². The Balaban J connectivity index is 0.00000272. The van der Waals surface area contributed by atoms with Crippen molar-refractivity contribution < 1.29 is 8.42 Å². The molecule has 0 amide bonds. The summed E-state index contributed by atoms with van der Waals surface area (Å²) in [5, 5.41) is 4.72. The zero-order chi connectivity index (χ0) is 21.3. The van der Waals surface area contributed by atoms with Crippen molar-refractivity contribution in [3.8, 4) is 0 Å². The Bertz CT molecular complexity index is 1320. The van der Waals surface area contributed by atoms with Gasteiger partial charge in [-0.15, -0.1) is 12.4 Å². The molecule has 0 spiro atoms. The van der Waals surface area contributed by atoms with Gasteiger partial charge in [0.05, 0.1) is 5.52 Å². The smallest absolute Gasteiger partial charge is 0.269 e. The molecule has 0 aliphatic rings. The van der Waals surface area contributed by atoms with E-state index >= 15 is 0 Å². The Morgan fingerprint density at radius 1 is 1.10 bits per heavy atom. The summed E-state index contributed by atoms with van der Waals surface area (Å²) in [6.45, 7) is 2.57. The number of nitrogens with zero attached hydrogens (tertiary/aromatic N) is 2. The Kier molecular flexibility index (Phi) is 7.06. The van der Waals surface area contributed by atoms with Crippen molar-refractivity contribution in [1.82, 2.24) is 14.3 Å². The first-order valence-corrected chi connectivity index (χ1v) is 11.4. The van der Waals surface area contributed by atoms with Crippen molar-refractivity contribution in [2.75, 3.05) is 7.05 Å². The van der Waals surface area contributed by atoms with Crippen LogP contribution in [0.25, 0.3) is 10.9 Å². The van der Waals surface area contributed by atoms with Crippen molar-refractivity contribution in [2.45, 2.75) is 24.8 Å². The van der Waals surface area contributed by atoms with Gasteiger partial charge >= 0.3 is 0 Å².